The standard InChI is InChI=1S/C15H23N7O3S.HI/c1-11(25-4)14-19-12(10-26-14)8-20(3)15(16-2)17-5-6-21-9-13(7-18-21)22(23)24;/h7,9-11H,5-6,8H2,1-4H3,(H,16,17);1H. The molecule has 0 bridgehead atoms. The monoisotopic (exact) mass is 509 g/mol. The number of aromatic nitrogens is 3. The number of hydrogen-bond acceptors (Lipinski definition) is 7. The van der Waals surface area contributed by atoms with Crippen LogP contribution in [0.5, 0.6) is 0 Å². The fourth-order valence-corrected chi connectivity index (χ4v) is 3.08. The third-order valence-corrected chi connectivity index (χ3v) is 4.75. The summed E-state index contributed by atoms with van der Waals surface area (Å²) < 4.78 is 6.81. The highest BCUT2D eigenvalue weighted by molar-refractivity contribution is 14.0. The first kappa shape index (κ1) is 23.2. The number of hydrogen-bond donors (Lipinski definition) is 1. The minimum Gasteiger partial charge on any atom is -0.375 e. The number of nitrogens with one attached hydrogen (secondary N) is 1. The molecule has 0 fully saturated rings. The lowest BCUT2D eigenvalue weighted by Gasteiger charge is -2.21. The molecule has 2 aromatic rings. The number of halogens is 1. The summed E-state index contributed by atoms with van der Waals surface area (Å²) >= 11 is 1.57. The second kappa shape index (κ2) is 11.1. The van der Waals surface area contributed by atoms with Crippen molar-refractivity contribution in [3.8, 4) is 0 Å². The van der Waals surface area contributed by atoms with Crippen molar-refractivity contribution in [2.45, 2.75) is 26.1 Å². The molecule has 1 atom stereocenters. The van der Waals surface area contributed by atoms with Crippen molar-refractivity contribution >= 4 is 47.0 Å². The van der Waals surface area contributed by atoms with Crippen LogP contribution in [0.2, 0.25) is 0 Å². The van der Waals surface area contributed by atoms with Crippen molar-refractivity contribution in [1.82, 2.24) is 25.0 Å². The number of rotatable bonds is 8. The van der Waals surface area contributed by atoms with E-state index in [-0.39, 0.29) is 35.8 Å². The van der Waals surface area contributed by atoms with Crippen molar-refractivity contribution in [1.29, 1.82) is 0 Å². The Morgan fingerprint density at radius 3 is 2.93 bits per heavy atom. The molecular weight excluding hydrogens is 485 g/mol. The number of ether oxygens (including phenoxy) is 1. The number of aliphatic imine (C=N–C) groups is 1. The van der Waals surface area contributed by atoms with E-state index < -0.39 is 4.92 Å². The topological polar surface area (TPSA) is 111 Å². The summed E-state index contributed by atoms with van der Waals surface area (Å²) in [5.41, 5.74) is 0.929. The molecule has 0 amide bonds. The summed E-state index contributed by atoms with van der Waals surface area (Å²) in [5.74, 6) is 0.709. The van der Waals surface area contributed by atoms with Crippen LogP contribution in [0.4, 0.5) is 5.69 Å². The number of thiazole rings is 1. The van der Waals surface area contributed by atoms with Crippen LogP contribution < -0.4 is 5.32 Å². The lowest BCUT2D eigenvalue weighted by atomic mass is 10.4. The Labute approximate surface area is 178 Å². The molecule has 10 nitrogen and oxygen atoms in total. The number of guanidine groups is 1. The summed E-state index contributed by atoms with van der Waals surface area (Å²) in [5, 5.41) is 20.8. The molecule has 0 saturated carbocycles. The van der Waals surface area contributed by atoms with Gasteiger partial charge in [-0.15, -0.1) is 35.3 Å². The Hall–Kier alpha value is -1.80. The lowest BCUT2D eigenvalue weighted by molar-refractivity contribution is -0.385. The molecule has 0 aliphatic rings. The largest absolute Gasteiger partial charge is 0.375 e. The van der Waals surface area contributed by atoms with Crippen molar-refractivity contribution in [3.63, 3.8) is 0 Å². The van der Waals surface area contributed by atoms with Gasteiger partial charge in [0, 0.05) is 33.1 Å². The minimum atomic E-state index is -0.462. The van der Waals surface area contributed by atoms with Gasteiger partial charge in [-0.1, -0.05) is 0 Å². The Morgan fingerprint density at radius 2 is 2.33 bits per heavy atom. The van der Waals surface area contributed by atoms with Gasteiger partial charge in [0.05, 0.1) is 23.7 Å². The first-order valence-electron chi connectivity index (χ1n) is 8.00. The van der Waals surface area contributed by atoms with Gasteiger partial charge in [0.1, 0.15) is 23.5 Å². The van der Waals surface area contributed by atoms with Gasteiger partial charge in [0.2, 0.25) is 0 Å². The molecule has 0 aromatic carbocycles. The van der Waals surface area contributed by atoms with Crippen LogP contribution in [0.1, 0.15) is 23.7 Å². The van der Waals surface area contributed by atoms with Crippen LogP contribution in [0.15, 0.2) is 22.8 Å². The molecule has 0 aliphatic heterocycles. The number of nitrogens with zero attached hydrogens (tertiary/aromatic N) is 6. The van der Waals surface area contributed by atoms with Crippen molar-refractivity contribution in [3.05, 3.63) is 38.6 Å². The van der Waals surface area contributed by atoms with E-state index in [0.29, 0.717) is 25.6 Å². The maximum atomic E-state index is 10.7. The molecule has 2 heterocycles. The van der Waals surface area contributed by atoms with Crippen LogP contribution in [0, 0.1) is 10.1 Å². The molecule has 0 spiro atoms. The fourth-order valence-electron chi connectivity index (χ4n) is 2.24. The smallest absolute Gasteiger partial charge is 0.306 e. The van der Waals surface area contributed by atoms with E-state index in [1.807, 2.05) is 24.3 Å². The molecule has 0 saturated heterocycles. The summed E-state index contributed by atoms with van der Waals surface area (Å²) in [6.45, 7) is 3.61. The van der Waals surface area contributed by atoms with E-state index >= 15 is 0 Å². The zero-order chi connectivity index (χ0) is 19.1. The fraction of sp³-hybridized carbons (Fsp3) is 0.533. The van der Waals surface area contributed by atoms with Gasteiger partial charge < -0.3 is 15.0 Å². The van der Waals surface area contributed by atoms with Crippen LogP contribution in [0.3, 0.4) is 0 Å². The van der Waals surface area contributed by atoms with Crippen molar-refractivity contribution < 1.29 is 9.66 Å². The highest BCUT2D eigenvalue weighted by atomic mass is 127. The van der Waals surface area contributed by atoms with E-state index in [1.54, 1.807) is 25.5 Å². The Morgan fingerprint density at radius 1 is 1.59 bits per heavy atom. The minimum absolute atomic E-state index is 0. The molecule has 0 radical (unpaired) electrons. The first-order valence-corrected chi connectivity index (χ1v) is 8.88. The van der Waals surface area contributed by atoms with Crippen molar-refractivity contribution in [2.75, 3.05) is 27.7 Å². The van der Waals surface area contributed by atoms with Gasteiger partial charge in [-0.2, -0.15) is 5.10 Å². The Kier molecular flexibility index (Phi) is 9.59. The van der Waals surface area contributed by atoms with Gasteiger partial charge in [0.25, 0.3) is 0 Å². The van der Waals surface area contributed by atoms with Crippen LogP contribution >= 0.6 is 35.3 Å². The maximum absolute atomic E-state index is 10.7. The SMILES string of the molecule is CN=C(NCCn1cc([N+](=O)[O-])cn1)N(C)Cc1csc(C(C)OC)n1.I. The normalized spacial score (nSPS) is 12.4. The van der Waals surface area contributed by atoms with Crippen LogP contribution in [-0.4, -0.2) is 58.3 Å². The second-order valence-electron chi connectivity index (χ2n) is 5.60. The maximum Gasteiger partial charge on any atom is 0.306 e. The molecule has 2 rings (SSSR count). The molecule has 1 N–H and O–H groups in total. The molecule has 0 aliphatic carbocycles. The van der Waals surface area contributed by atoms with Gasteiger partial charge in [-0.3, -0.25) is 19.8 Å². The van der Waals surface area contributed by atoms with Crippen LogP contribution in [0.25, 0.3) is 0 Å². The number of methoxy groups -OCH3 is 1. The Balaban J connectivity index is 0.00000364. The van der Waals surface area contributed by atoms with E-state index in [4.69, 9.17) is 4.74 Å². The summed E-state index contributed by atoms with van der Waals surface area (Å²) in [6.07, 6.45) is 2.62. The average molecular weight is 509 g/mol. The van der Waals surface area contributed by atoms with Crippen molar-refractivity contribution in [2.24, 2.45) is 4.99 Å². The highest BCUT2D eigenvalue weighted by Crippen LogP contribution is 2.20. The third-order valence-electron chi connectivity index (χ3n) is 3.70. The summed E-state index contributed by atoms with van der Waals surface area (Å²) in [4.78, 5) is 21.0. The zero-order valence-corrected chi connectivity index (χ0v) is 18.8. The molecule has 27 heavy (non-hydrogen) atoms. The van der Waals surface area contributed by atoms with E-state index in [1.165, 1.54) is 17.1 Å². The highest BCUT2D eigenvalue weighted by Gasteiger charge is 2.13. The predicted octanol–water partition coefficient (Wildman–Crippen LogP) is 2.28. The zero-order valence-electron chi connectivity index (χ0n) is 15.7. The van der Waals surface area contributed by atoms with Gasteiger partial charge >= 0.3 is 5.69 Å². The van der Waals surface area contributed by atoms with Gasteiger partial charge in [-0.25, -0.2) is 4.98 Å². The molecule has 12 heteroatoms. The van der Waals surface area contributed by atoms with E-state index in [9.17, 15) is 10.1 Å². The van der Waals surface area contributed by atoms with E-state index in [0.717, 1.165) is 10.7 Å². The second-order valence-corrected chi connectivity index (χ2v) is 6.49. The molecule has 1 unspecified atom stereocenters. The molecule has 150 valence electrons. The quantitative estimate of drug-likeness (QED) is 0.191. The third kappa shape index (κ3) is 6.70. The Bertz CT molecular complexity index is 764. The lowest BCUT2D eigenvalue weighted by Crippen LogP contribution is -2.39. The summed E-state index contributed by atoms with van der Waals surface area (Å²) in [6, 6.07) is 0. The van der Waals surface area contributed by atoms with E-state index in [2.05, 4.69) is 20.4 Å². The first-order chi connectivity index (χ1) is 12.4. The predicted molar refractivity (Wildman–Crippen MR) is 115 cm³/mol. The average Bonchev–Trinajstić information content (AvgIpc) is 3.27. The van der Waals surface area contributed by atoms with Gasteiger partial charge in [0.15, 0.2) is 5.96 Å². The molecule has 2 aromatic heterocycles. The number of nitro groups is 1. The molecular formula is C15H24IN7O3S. The van der Waals surface area contributed by atoms with Crippen LogP contribution in [-0.2, 0) is 17.8 Å². The van der Waals surface area contributed by atoms with Gasteiger partial charge in [-0.05, 0) is 6.92 Å². The summed E-state index contributed by atoms with van der Waals surface area (Å²) in [7, 11) is 5.29.